The Balaban J connectivity index is 1.79. The molecule has 2 aliphatic carbocycles. The lowest BCUT2D eigenvalue weighted by Gasteiger charge is -2.58. The summed E-state index contributed by atoms with van der Waals surface area (Å²) in [5.74, 6) is -1.30. The highest BCUT2D eigenvalue weighted by molar-refractivity contribution is 9.10. The molecule has 0 radical (unpaired) electrons. The summed E-state index contributed by atoms with van der Waals surface area (Å²) in [4.78, 5) is 39.8. The van der Waals surface area contributed by atoms with Crippen LogP contribution in [-0.2, 0) is 29.2 Å². The maximum Gasteiger partial charge on any atom is 0.303 e. The van der Waals surface area contributed by atoms with Crippen molar-refractivity contribution < 1.29 is 43.5 Å². The third-order valence-corrected chi connectivity index (χ3v) is 8.54. The number of rotatable bonds is 5. The highest BCUT2D eigenvalue weighted by atomic mass is 79.9. The molecule has 0 spiro atoms. The van der Waals surface area contributed by atoms with Crippen LogP contribution < -0.4 is 4.74 Å². The van der Waals surface area contributed by atoms with E-state index in [1.54, 1.807) is 41.3 Å². The molecule has 10 nitrogen and oxygen atoms in total. The zero-order valence-electron chi connectivity index (χ0n) is 22.5. The number of aliphatic hydroxyl groups is 1. The number of esters is 2. The van der Waals surface area contributed by atoms with Crippen LogP contribution in [0.3, 0.4) is 0 Å². The Kier molecular flexibility index (Phi) is 7.30. The van der Waals surface area contributed by atoms with Crippen molar-refractivity contribution in [3.8, 4) is 11.5 Å². The number of carbonyl (C=O) groups is 3. The Hall–Kier alpha value is -3.57. The van der Waals surface area contributed by atoms with E-state index in [0.29, 0.717) is 28.7 Å². The first-order valence-electron chi connectivity index (χ1n) is 12.8. The second-order valence-corrected chi connectivity index (χ2v) is 11.1. The molecule has 1 heterocycles. The van der Waals surface area contributed by atoms with Crippen LogP contribution in [-0.4, -0.2) is 72.0 Å². The van der Waals surface area contributed by atoms with Crippen molar-refractivity contribution >= 4 is 33.8 Å². The van der Waals surface area contributed by atoms with E-state index in [1.165, 1.54) is 28.1 Å². The fraction of sp³-hybridized carbons (Fsp3) is 0.414. The van der Waals surface area contributed by atoms with Crippen LogP contribution in [0.5, 0.6) is 11.5 Å². The molecule has 0 saturated carbocycles. The van der Waals surface area contributed by atoms with Gasteiger partial charge in [-0.1, -0.05) is 22.0 Å². The average molecular weight is 616 g/mol. The summed E-state index contributed by atoms with van der Waals surface area (Å²) in [6.45, 7) is 2.72. The monoisotopic (exact) mass is 615 g/mol. The van der Waals surface area contributed by atoms with Crippen molar-refractivity contribution in [2.24, 2.45) is 0 Å². The lowest BCUT2D eigenvalue weighted by atomic mass is 9.54. The molecule has 5 atom stereocenters. The molecule has 2 N–H and O–H groups in total. The summed E-state index contributed by atoms with van der Waals surface area (Å²) in [7, 11) is 2.82. The molecular weight excluding hydrogens is 586 g/mol. The number of hydrogen-bond acceptors (Lipinski definition) is 9. The van der Waals surface area contributed by atoms with Gasteiger partial charge in [0.15, 0.2) is 17.6 Å². The number of carbonyl (C=O) groups excluding carboxylic acids is 3. The van der Waals surface area contributed by atoms with Crippen molar-refractivity contribution in [2.75, 3.05) is 20.8 Å². The molecule has 0 unspecified atom stereocenters. The second kappa shape index (κ2) is 10.4. The number of aliphatic hydroxyl groups excluding tert-OH is 1. The van der Waals surface area contributed by atoms with Gasteiger partial charge in [0.25, 0.3) is 5.91 Å². The maximum absolute atomic E-state index is 13.9. The third kappa shape index (κ3) is 4.32. The van der Waals surface area contributed by atoms with E-state index >= 15 is 0 Å². The zero-order valence-corrected chi connectivity index (χ0v) is 24.1. The molecule has 1 aliphatic heterocycles. The number of phenols is 1. The highest BCUT2D eigenvalue weighted by Gasteiger charge is 2.62. The standard InChI is InChI=1S/C29H30BrNO9/c1-14(32)39-20-13-29-11-12-31(28(36)16-5-7-17(30)8-6-16)23(22(29)27(38-4)26(20)40-15(2)33)24(34)18-9-10-19(37-3)25(35)21(18)29/h5-10,20,23-24,26,34-35H,11-13H2,1-4H3/t20-,23-,24-,26+,29+/m1/s1. The van der Waals surface area contributed by atoms with Gasteiger partial charge in [0.1, 0.15) is 18.0 Å². The largest absolute Gasteiger partial charge is 0.504 e. The SMILES string of the molecule is COC1=C2[C@@H]3[C@H](O)c4ccc(OC)c(O)c4[C@]2(CCN3C(=O)c2ccc(Br)cc2)C[C@@H](OC(C)=O)[C@@H]1OC(C)=O. The molecule has 1 saturated heterocycles. The van der Waals surface area contributed by atoms with Gasteiger partial charge < -0.3 is 34.1 Å². The minimum absolute atomic E-state index is 0.115. The van der Waals surface area contributed by atoms with Crippen LogP contribution in [0.2, 0.25) is 0 Å². The predicted octanol–water partition coefficient (Wildman–Crippen LogP) is 3.53. The van der Waals surface area contributed by atoms with E-state index in [2.05, 4.69) is 15.9 Å². The molecule has 5 rings (SSSR count). The molecule has 212 valence electrons. The molecular formula is C29H30BrNO9. The van der Waals surface area contributed by atoms with Crippen LogP contribution in [0.4, 0.5) is 0 Å². The van der Waals surface area contributed by atoms with Gasteiger partial charge in [-0.25, -0.2) is 0 Å². The second-order valence-electron chi connectivity index (χ2n) is 10.2. The third-order valence-electron chi connectivity index (χ3n) is 8.01. The van der Waals surface area contributed by atoms with Gasteiger partial charge in [-0.05, 0) is 42.3 Å². The average Bonchev–Trinajstić information content (AvgIpc) is 2.91. The number of fused-ring (bicyclic) bond motifs is 1. The van der Waals surface area contributed by atoms with Crippen LogP contribution in [0, 0.1) is 0 Å². The van der Waals surface area contributed by atoms with E-state index < -0.39 is 41.7 Å². The molecule has 2 aromatic rings. The van der Waals surface area contributed by atoms with Crippen molar-refractivity contribution in [3.63, 3.8) is 0 Å². The topological polar surface area (TPSA) is 132 Å². The number of hydrogen-bond donors (Lipinski definition) is 2. The van der Waals surface area contributed by atoms with Gasteiger partial charge in [-0.2, -0.15) is 0 Å². The fourth-order valence-electron chi connectivity index (χ4n) is 6.59. The smallest absolute Gasteiger partial charge is 0.303 e. The van der Waals surface area contributed by atoms with Gasteiger partial charge in [0.05, 0.1) is 20.3 Å². The normalized spacial score (nSPS) is 26.8. The van der Waals surface area contributed by atoms with Crippen LogP contribution in [0.15, 0.2) is 52.2 Å². The van der Waals surface area contributed by atoms with E-state index in [4.69, 9.17) is 18.9 Å². The summed E-state index contributed by atoms with van der Waals surface area (Å²) in [5, 5.41) is 23.3. The summed E-state index contributed by atoms with van der Waals surface area (Å²) in [6.07, 6.45) is -2.92. The summed E-state index contributed by atoms with van der Waals surface area (Å²) < 4.78 is 23.4. The minimum Gasteiger partial charge on any atom is -0.504 e. The number of nitrogens with zero attached hydrogens (tertiary/aromatic N) is 1. The zero-order chi connectivity index (χ0) is 28.9. The first kappa shape index (κ1) is 28.0. The first-order valence-corrected chi connectivity index (χ1v) is 13.6. The Morgan fingerprint density at radius 3 is 2.27 bits per heavy atom. The lowest BCUT2D eigenvalue weighted by molar-refractivity contribution is -0.169. The van der Waals surface area contributed by atoms with Gasteiger partial charge in [-0.3, -0.25) is 14.4 Å². The van der Waals surface area contributed by atoms with Crippen LogP contribution >= 0.6 is 15.9 Å². The molecule has 0 aromatic heterocycles. The van der Waals surface area contributed by atoms with Crippen LogP contribution in [0.1, 0.15) is 54.3 Å². The van der Waals surface area contributed by atoms with Crippen molar-refractivity contribution in [1.82, 2.24) is 4.90 Å². The van der Waals surface area contributed by atoms with Crippen molar-refractivity contribution in [2.45, 2.75) is 56.5 Å². The van der Waals surface area contributed by atoms with E-state index in [0.717, 1.165) is 4.47 Å². The highest BCUT2D eigenvalue weighted by Crippen LogP contribution is 2.62. The Bertz CT molecular complexity index is 1400. The number of benzene rings is 2. The minimum atomic E-state index is -1.26. The molecule has 1 amide bonds. The van der Waals surface area contributed by atoms with Gasteiger partial charge >= 0.3 is 11.9 Å². The van der Waals surface area contributed by atoms with Crippen molar-refractivity contribution in [1.29, 1.82) is 0 Å². The van der Waals surface area contributed by atoms with Gasteiger partial charge in [-0.15, -0.1) is 0 Å². The predicted molar refractivity (Wildman–Crippen MR) is 145 cm³/mol. The van der Waals surface area contributed by atoms with Crippen molar-refractivity contribution in [3.05, 3.63) is 68.9 Å². The summed E-state index contributed by atoms with van der Waals surface area (Å²) >= 11 is 3.39. The number of halogens is 1. The van der Waals surface area contributed by atoms with Gasteiger partial charge in [0, 0.05) is 53.4 Å². The number of phenolic OH excluding ortho intramolecular Hbond substituents is 1. The number of amides is 1. The van der Waals surface area contributed by atoms with E-state index in [1.807, 2.05) is 0 Å². The number of methoxy groups -OCH3 is 2. The molecule has 40 heavy (non-hydrogen) atoms. The number of ether oxygens (including phenoxy) is 4. The fourth-order valence-corrected chi connectivity index (χ4v) is 6.85. The Morgan fingerprint density at radius 1 is 1.00 bits per heavy atom. The molecule has 2 bridgehead atoms. The molecule has 2 aromatic carbocycles. The van der Waals surface area contributed by atoms with Crippen LogP contribution in [0.25, 0.3) is 0 Å². The Morgan fingerprint density at radius 2 is 1.68 bits per heavy atom. The number of likely N-dealkylation sites (tertiary alicyclic amines) is 1. The molecule has 11 heteroatoms. The quantitative estimate of drug-likeness (QED) is 0.485. The van der Waals surface area contributed by atoms with E-state index in [-0.39, 0.29) is 36.1 Å². The number of aromatic hydroxyl groups is 1. The molecule has 1 fully saturated rings. The van der Waals surface area contributed by atoms with Gasteiger partial charge in [0.2, 0.25) is 0 Å². The summed E-state index contributed by atoms with van der Waals surface area (Å²) in [5.41, 5.74) is 0.717. The van der Waals surface area contributed by atoms with E-state index in [9.17, 15) is 24.6 Å². The first-order chi connectivity index (χ1) is 19.0. The summed E-state index contributed by atoms with van der Waals surface area (Å²) in [6, 6.07) is 9.22. The number of piperidine rings is 1. The lowest BCUT2D eigenvalue weighted by Crippen LogP contribution is -2.63. The molecule has 3 aliphatic rings. The Labute approximate surface area is 239 Å². The maximum atomic E-state index is 13.9.